The summed E-state index contributed by atoms with van der Waals surface area (Å²) < 4.78 is 2.16. The number of hydrogen-bond donors (Lipinski definition) is 2. The second-order valence-corrected chi connectivity index (χ2v) is 6.99. The van der Waals surface area contributed by atoms with Gasteiger partial charge in [-0.25, -0.2) is 0 Å². The van der Waals surface area contributed by atoms with E-state index in [1.165, 1.54) is 36.8 Å². The monoisotopic (exact) mass is 386 g/mol. The summed E-state index contributed by atoms with van der Waals surface area (Å²) in [5.41, 5.74) is 17.3. The van der Waals surface area contributed by atoms with Gasteiger partial charge in [0.2, 0.25) is 0 Å². The summed E-state index contributed by atoms with van der Waals surface area (Å²) >= 11 is 0. The van der Waals surface area contributed by atoms with Crippen LogP contribution >= 0.6 is 0 Å². The maximum atomic E-state index is 12.8. The van der Waals surface area contributed by atoms with Gasteiger partial charge in [-0.05, 0) is 63.7 Å². The number of carbonyl (C=O) groups excluding carboxylic acids is 1. The second kappa shape index (κ2) is 11.5. The molecule has 1 aromatic rings. The first kappa shape index (κ1) is 23.7. The standard InChI is InChI=1S/C21H32N4O.C2H6/c1-5-14(3)17-15(4)18(20(26)24-21(22)23)25-13-11-9-7-8-10-12-16(6-2)19(17)25;1-2/h5-6H,7-13H2,1-4H3,(H4,22,23,24,26);1-2H3/b14-5+,16-6+;. The molecule has 4 N–H and O–H groups in total. The zero-order valence-electron chi connectivity index (χ0n) is 18.6. The summed E-state index contributed by atoms with van der Waals surface area (Å²) in [5, 5.41) is 0. The molecule has 28 heavy (non-hydrogen) atoms. The third kappa shape index (κ3) is 5.37. The van der Waals surface area contributed by atoms with E-state index < -0.39 is 0 Å². The molecule has 0 radical (unpaired) electrons. The molecule has 1 aromatic heterocycles. The highest BCUT2D eigenvalue weighted by atomic mass is 16.1. The average molecular weight is 387 g/mol. The quantitative estimate of drug-likeness (QED) is 0.526. The van der Waals surface area contributed by atoms with E-state index in [0.29, 0.717) is 5.69 Å². The van der Waals surface area contributed by atoms with Crippen LogP contribution in [0.15, 0.2) is 17.1 Å². The van der Waals surface area contributed by atoms with E-state index in [1.807, 2.05) is 27.7 Å². The van der Waals surface area contributed by atoms with E-state index in [9.17, 15) is 4.79 Å². The minimum absolute atomic E-state index is 0.194. The SMILES string of the molecule is C/C=C(\C)c1c(C)c(C(=O)N=C(N)N)n2c1/C(=C/C)CCCCCCC2.CC. The smallest absolute Gasteiger partial charge is 0.297 e. The molecular formula is C23H38N4O. The first-order valence-electron chi connectivity index (χ1n) is 10.6. The highest BCUT2D eigenvalue weighted by Gasteiger charge is 2.27. The molecular weight excluding hydrogens is 348 g/mol. The van der Waals surface area contributed by atoms with Gasteiger partial charge in [-0.2, -0.15) is 4.99 Å². The average Bonchev–Trinajstić information content (AvgIpc) is 2.97. The number of guanidine groups is 1. The number of fused-ring (bicyclic) bond motifs is 1. The van der Waals surface area contributed by atoms with Gasteiger partial charge in [-0.3, -0.25) is 4.79 Å². The summed E-state index contributed by atoms with van der Waals surface area (Å²) in [4.78, 5) is 16.6. The Kier molecular flexibility index (Phi) is 9.77. The van der Waals surface area contributed by atoms with Crippen LogP contribution in [0.1, 0.15) is 100 Å². The van der Waals surface area contributed by atoms with Gasteiger partial charge < -0.3 is 16.0 Å². The molecule has 1 amide bonds. The molecule has 0 aromatic carbocycles. The fourth-order valence-corrected chi connectivity index (χ4v) is 3.89. The van der Waals surface area contributed by atoms with Crippen molar-refractivity contribution in [3.8, 4) is 0 Å². The molecule has 0 unspecified atom stereocenters. The number of carbonyl (C=O) groups is 1. The number of nitrogens with two attached hydrogens (primary N) is 2. The van der Waals surface area contributed by atoms with Crippen LogP contribution in [0, 0.1) is 6.92 Å². The van der Waals surface area contributed by atoms with Crippen LogP contribution in [0.4, 0.5) is 0 Å². The lowest BCUT2D eigenvalue weighted by atomic mass is 9.94. The Morgan fingerprint density at radius 1 is 1.07 bits per heavy atom. The third-order valence-corrected chi connectivity index (χ3v) is 5.25. The Hall–Kier alpha value is -2.30. The molecule has 0 atom stereocenters. The largest absolute Gasteiger partial charge is 0.370 e. The van der Waals surface area contributed by atoms with Gasteiger partial charge >= 0.3 is 0 Å². The van der Waals surface area contributed by atoms with Gasteiger partial charge in [0.05, 0.1) is 5.69 Å². The van der Waals surface area contributed by atoms with Crippen LogP contribution < -0.4 is 11.5 Å². The normalized spacial score (nSPS) is 16.6. The fraction of sp³-hybridized carbons (Fsp3) is 0.565. The van der Waals surface area contributed by atoms with Crippen molar-refractivity contribution < 1.29 is 4.79 Å². The van der Waals surface area contributed by atoms with Crippen molar-refractivity contribution in [1.82, 2.24) is 4.57 Å². The van der Waals surface area contributed by atoms with Crippen LogP contribution in [0.3, 0.4) is 0 Å². The van der Waals surface area contributed by atoms with Gasteiger partial charge in [-0.1, -0.05) is 45.3 Å². The van der Waals surface area contributed by atoms with Gasteiger partial charge in [-0.15, -0.1) is 0 Å². The zero-order chi connectivity index (χ0) is 21.3. The Morgan fingerprint density at radius 2 is 1.68 bits per heavy atom. The minimum atomic E-state index is -0.355. The zero-order valence-corrected chi connectivity index (χ0v) is 18.6. The van der Waals surface area contributed by atoms with Gasteiger partial charge in [0.25, 0.3) is 5.91 Å². The molecule has 2 rings (SSSR count). The van der Waals surface area contributed by atoms with Crippen molar-refractivity contribution in [3.63, 3.8) is 0 Å². The number of amides is 1. The predicted molar refractivity (Wildman–Crippen MR) is 121 cm³/mol. The van der Waals surface area contributed by atoms with Crippen molar-refractivity contribution in [1.29, 1.82) is 0 Å². The molecule has 0 aliphatic carbocycles. The fourth-order valence-electron chi connectivity index (χ4n) is 3.89. The second-order valence-electron chi connectivity index (χ2n) is 6.99. The molecule has 2 heterocycles. The summed E-state index contributed by atoms with van der Waals surface area (Å²) in [6.45, 7) is 13.0. The van der Waals surface area contributed by atoms with E-state index in [2.05, 4.69) is 35.6 Å². The molecule has 0 saturated heterocycles. The predicted octanol–water partition coefficient (Wildman–Crippen LogP) is 5.42. The van der Waals surface area contributed by atoms with Crippen molar-refractivity contribution in [2.24, 2.45) is 16.5 Å². The highest BCUT2D eigenvalue weighted by Crippen LogP contribution is 2.37. The number of allylic oxidation sites excluding steroid dienone is 4. The molecule has 5 heteroatoms. The number of aromatic nitrogens is 1. The minimum Gasteiger partial charge on any atom is -0.370 e. The van der Waals surface area contributed by atoms with Crippen LogP contribution in [0.5, 0.6) is 0 Å². The Bertz CT molecular complexity index is 762. The van der Waals surface area contributed by atoms with Crippen LogP contribution in [-0.4, -0.2) is 16.4 Å². The summed E-state index contributed by atoms with van der Waals surface area (Å²) in [7, 11) is 0. The Balaban J connectivity index is 0.00000190. The van der Waals surface area contributed by atoms with E-state index in [-0.39, 0.29) is 11.9 Å². The topological polar surface area (TPSA) is 86.4 Å². The van der Waals surface area contributed by atoms with E-state index >= 15 is 0 Å². The molecule has 5 nitrogen and oxygen atoms in total. The summed E-state index contributed by atoms with van der Waals surface area (Å²) in [5.74, 6) is -0.549. The number of aliphatic imine (C=N–C) groups is 1. The van der Waals surface area contributed by atoms with Crippen molar-refractivity contribution >= 4 is 23.0 Å². The first-order chi connectivity index (χ1) is 13.4. The van der Waals surface area contributed by atoms with Gasteiger partial charge in [0.1, 0.15) is 5.69 Å². The summed E-state index contributed by atoms with van der Waals surface area (Å²) in [6.07, 6.45) is 11.2. The molecule has 156 valence electrons. The molecule has 0 spiro atoms. The lowest BCUT2D eigenvalue weighted by Gasteiger charge is -2.18. The number of nitrogens with zero attached hydrogens (tertiary/aromatic N) is 2. The third-order valence-electron chi connectivity index (χ3n) is 5.25. The van der Waals surface area contributed by atoms with Crippen molar-refractivity contribution in [2.45, 2.75) is 86.6 Å². The first-order valence-corrected chi connectivity index (χ1v) is 10.6. The van der Waals surface area contributed by atoms with Crippen molar-refractivity contribution in [3.05, 3.63) is 34.7 Å². The lowest BCUT2D eigenvalue weighted by molar-refractivity contribution is 0.0993. The summed E-state index contributed by atoms with van der Waals surface area (Å²) in [6, 6.07) is 0. The van der Waals surface area contributed by atoms with E-state index in [4.69, 9.17) is 11.5 Å². The highest BCUT2D eigenvalue weighted by molar-refractivity contribution is 6.03. The lowest BCUT2D eigenvalue weighted by Crippen LogP contribution is -2.25. The maximum absolute atomic E-state index is 12.8. The molecule has 1 aliphatic heterocycles. The van der Waals surface area contributed by atoms with Crippen LogP contribution in [-0.2, 0) is 6.54 Å². The number of rotatable bonds is 2. The molecule has 0 fully saturated rings. The molecule has 0 saturated carbocycles. The van der Waals surface area contributed by atoms with Crippen LogP contribution in [0.2, 0.25) is 0 Å². The molecule has 1 aliphatic rings. The van der Waals surface area contributed by atoms with E-state index in [0.717, 1.165) is 36.2 Å². The van der Waals surface area contributed by atoms with Crippen LogP contribution in [0.25, 0.3) is 11.1 Å². The maximum Gasteiger partial charge on any atom is 0.297 e. The Morgan fingerprint density at radius 3 is 2.25 bits per heavy atom. The Labute approximate surface area is 170 Å². The van der Waals surface area contributed by atoms with Gasteiger partial charge in [0.15, 0.2) is 5.96 Å². The number of hydrogen-bond acceptors (Lipinski definition) is 1. The molecule has 0 bridgehead atoms. The van der Waals surface area contributed by atoms with E-state index in [1.54, 1.807) is 0 Å². The van der Waals surface area contributed by atoms with Gasteiger partial charge in [0, 0.05) is 12.1 Å². The van der Waals surface area contributed by atoms with Crippen molar-refractivity contribution in [2.75, 3.05) is 0 Å².